The molecule has 3 N–H and O–H groups in total. The molecule has 8 heteroatoms. The van der Waals surface area contributed by atoms with Crippen LogP contribution in [0.15, 0.2) is 70.1 Å². The summed E-state index contributed by atoms with van der Waals surface area (Å²) in [5, 5.41) is 5.70. The molecule has 150 valence electrons. The molecular formula is C22H16FN3O4. The number of nitrogens with one attached hydrogen (secondary N) is 3. The van der Waals surface area contributed by atoms with E-state index in [4.69, 9.17) is 4.42 Å². The van der Waals surface area contributed by atoms with Gasteiger partial charge in [0.25, 0.3) is 17.4 Å². The molecule has 0 saturated heterocycles. The summed E-state index contributed by atoms with van der Waals surface area (Å²) < 4.78 is 19.2. The Morgan fingerprint density at radius 2 is 1.73 bits per heavy atom. The molecule has 0 radical (unpaired) electrons. The van der Waals surface area contributed by atoms with E-state index in [9.17, 15) is 18.8 Å². The molecule has 4 aromatic rings. The van der Waals surface area contributed by atoms with Crippen LogP contribution in [0.1, 0.15) is 26.5 Å². The zero-order chi connectivity index (χ0) is 21.3. The Morgan fingerprint density at radius 3 is 2.50 bits per heavy atom. The first-order valence-corrected chi connectivity index (χ1v) is 9.01. The summed E-state index contributed by atoms with van der Waals surface area (Å²) in [5.74, 6) is -1.48. The highest BCUT2D eigenvalue weighted by Crippen LogP contribution is 2.22. The molecule has 0 saturated carbocycles. The molecule has 2 aromatic carbocycles. The number of fused-ring (bicyclic) bond motifs is 1. The maximum atomic E-state index is 14.2. The molecule has 2 aromatic heterocycles. The summed E-state index contributed by atoms with van der Waals surface area (Å²) in [5.41, 5.74) is 0.348. The fourth-order valence-corrected chi connectivity index (χ4v) is 3.02. The smallest absolute Gasteiger partial charge is 0.261 e. The lowest BCUT2D eigenvalue weighted by atomic mass is 10.1. The van der Waals surface area contributed by atoms with E-state index in [0.29, 0.717) is 16.7 Å². The van der Waals surface area contributed by atoms with Crippen molar-refractivity contribution in [2.75, 3.05) is 10.6 Å². The topological polar surface area (TPSA) is 104 Å². The second kappa shape index (κ2) is 7.67. The Hall–Kier alpha value is -4.20. The minimum absolute atomic E-state index is 0.0855. The van der Waals surface area contributed by atoms with E-state index >= 15 is 0 Å². The average molecular weight is 405 g/mol. The number of hydrogen-bond acceptors (Lipinski definition) is 4. The zero-order valence-corrected chi connectivity index (χ0v) is 15.8. The van der Waals surface area contributed by atoms with Crippen molar-refractivity contribution in [3.8, 4) is 0 Å². The van der Waals surface area contributed by atoms with Gasteiger partial charge in [-0.1, -0.05) is 18.2 Å². The van der Waals surface area contributed by atoms with Gasteiger partial charge in [-0.3, -0.25) is 14.4 Å². The number of aromatic amines is 1. The molecule has 0 spiro atoms. The van der Waals surface area contributed by atoms with E-state index in [1.807, 2.05) is 0 Å². The molecule has 0 aliphatic heterocycles. The predicted molar refractivity (Wildman–Crippen MR) is 110 cm³/mol. The van der Waals surface area contributed by atoms with E-state index in [-0.39, 0.29) is 22.5 Å². The van der Waals surface area contributed by atoms with Gasteiger partial charge in [0.15, 0.2) is 0 Å². The van der Waals surface area contributed by atoms with Crippen LogP contribution in [0.3, 0.4) is 0 Å². The Morgan fingerprint density at radius 1 is 0.967 bits per heavy atom. The van der Waals surface area contributed by atoms with Gasteiger partial charge < -0.3 is 20.0 Å². The lowest BCUT2D eigenvalue weighted by Gasteiger charge is -2.10. The molecule has 2 heterocycles. The molecule has 0 bridgehead atoms. The summed E-state index contributed by atoms with van der Waals surface area (Å²) in [6.45, 7) is 1.61. The van der Waals surface area contributed by atoms with E-state index < -0.39 is 23.2 Å². The summed E-state index contributed by atoms with van der Waals surface area (Å²) in [6, 6.07) is 13.7. The number of amides is 2. The van der Waals surface area contributed by atoms with Gasteiger partial charge in [-0.15, -0.1) is 0 Å². The first kappa shape index (κ1) is 19.1. The van der Waals surface area contributed by atoms with Crippen molar-refractivity contribution in [1.82, 2.24) is 4.98 Å². The van der Waals surface area contributed by atoms with Crippen molar-refractivity contribution < 1.29 is 18.4 Å². The summed E-state index contributed by atoms with van der Waals surface area (Å²) in [7, 11) is 0. The number of anilines is 2. The normalized spacial score (nSPS) is 10.7. The van der Waals surface area contributed by atoms with Gasteiger partial charge in [-0.25, -0.2) is 4.39 Å². The molecule has 30 heavy (non-hydrogen) atoms. The number of pyridine rings is 1. The highest BCUT2D eigenvalue weighted by atomic mass is 19.1. The maximum Gasteiger partial charge on any atom is 0.261 e. The van der Waals surface area contributed by atoms with Crippen molar-refractivity contribution in [3.05, 3.63) is 93.9 Å². The molecule has 4 rings (SSSR count). The third kappa shape index (κ3) is 3.70. The van der Waals surface area contributed by atoms with Crippen molar-refractivity contribution in [2.45, 2.75) is 6.92 Å². The van der Waals surface area contributed by atoms with Crippen molar-refractivity contribution in [3.63, 3.8) is 0 Å². The molecule has 7 nitrogen and oxygen atoms in total. The van der Waals surface area contributed by atoms with E-state index in [2.05, 4.69) is 15.6 Å². The van der Waals surface area contributed by atoms with Gasteiger partial charge in [0.1, 0.15) is 17.1 Å². The van der Waals surface area contributed by atoms with Gasteiger partial charge in [0.2, 0.25) is 0 Å². The second-order valence-electron chi connectivity index (χ2n) is 6.59. The van der Waals surface area contributed by atoms with Gasteiger partial charge in [-0.05, 0) is 48.7 Å². The largest absolute Gasteiger partial charge is 0.469 e. The monoisotopic (exact) mass is 405 g/mol. The molecule has 0 atom stereocenters. The number of halogens is 1. The lowest BCUT2D eigenvalue weighted by Crippen LogP contribution is -2.23. The molecule has 0 fully saturated rings. The molecular weight excluding hydrogens is 389 g/mol. The van der Waals surface area contributed by atoms with Gasteiger partial charge in [0.05, 0.1) is 17.5 Å². The van der Waals surface area contributed by atoms with Gasteiger partial charge in [-0.2, -0.15) is 0 Å². The van der Waals surface area contributed by atoms with E-state index in [0.717, 1.165) is 6.07 Å². The molecule has 2 amide bonds. The van der Waals surface area contributed by atoms with Crippen molar-refractivity contribution >= 4 is 34.1 Å². The minimum atomic E-state index is -0.675. The first-order valence-electron chi connectivity index (χ1n) is 9.01. The lowest BCUT2D eigenvalue weighted by molar-refractivity contribution is 0.101. The van der Waals surface area contributed by atoms with Crippen LogP contribution in [0.25, 0.3) is 10.9 Å². The number of aryl methyl sites for hydroxylation is 1. The van der Waals surface area contributed by atoms with E-state index in [1.54, 1.807) is 31.2 Å². The number of benzene rings is 2. The third-order valence-electron chi connectivity index (χ3n) is 4.57. The van der Waals surface area contributed by atoms with Crippen LogP contribution >= 0.6 is 0 Å². The van der Waals surface area contributed by atoms with Crippen LogP contribution < -0.4 is 16.2 Å². The number of aromatic nitrogens is 1. The summed E-state index contributed by atoms with van der Waals surface area (Å²) in [6.07, 6.45) is 1.36. The maximum absolute atomic E-state index is 14.2. The van der Waals surface area contributed by atoms with Crippen LogP contribution in [-0.2, 0) is 0 Å². The Bertz CT molecular complexity index is 1340. The second-order valence-corrected chi connectivity index (χ2v) is 6.59. The van der Waals surface area contributed by atoms with Crippen LogP contribution in [0.2, 0.25) is 0 Å². The highest BCUT2D eigenvalue weighted by molar-refractivity contribution is 6.07. The standard InChI is InChI=1S/C22H16FN3O4/c1-12-15(8-9-30-12)20(27)26-19-11-14(6-7-17(19)23)24-21(28)16-10-13-4-2-3-5-18(13)25-22(16)29/h2-11H,1H3,(H,24,28)(H,25,29)(H,26,27). The van der Waals surface area contributed by atoms with Crippen molar-refractivity contribution in [2.24, 2.45) is 0 Å². The quantitative estimate of drug-likeness (QED) is 0.476. The molecule has 0 aliphatic carbocycles. The number of para-hydroxylation sites is 1. The van der Waals surface area contributed by atoms with Crippen LogP contribution in [0.5, 0.6) is 0 Å². The zero-order valence-electron chi connectivity index (χ0n) is 15.8. The fourth-order valence-electron chi connectivity index (χ4n) is 3.02. The number of carbonyl (C=O) groups is 2. The van der Waals surface area contributed by atoms with Crippen LogP contribution in [0.4, 0.5) is 15.8 Å². The van der Waals surface area contributed by atoms with Crippen LogP contribution in [-0.4, -0.2) is 16.8 Å². The average Bonchev–Trinajstić information content (AvgIpc) is 3.16. The summed E-state index contributed by atoms with van der Waals surface area (Å²) >= 11 is 0. The van der Waals surface area contributed by atoms with Gasteiger partial charge in [0, 0.05) is 11.2 Å². The first-order chi connectivity index (χ1) is 14.4. The SMILES string of the molecule is Cc1occc1C(=O)Nc1cc(NC(=O)c2cc3ccccc3[nH]c2=O)ccc1F. The Balaban J connectivity index is 1.58. The van der Waals surface area contributed by atoms with E-state index in [1.165, 1.54) is 30.5 Å². The number of furan rings is 1. The number of carbonyl (C=O) groups excluding carboxylic acids is 2. The molecule has 0 unspecified atom stereocenters. The van der Waals surface area contributed by atoms with Crippen LogP contribution in [0, 0.1) is 12.7 Å². The number of rotatable bonds is 4. The predicted octanol–water partition coefficient (Wildman–Crippen LogP) is 4.07. The van der Waals surface area contributed by atoms with Gasteiger partial charge >= 0.3 is 0 Å². The third-order valence-corrected chi connectivity index (χ3v) is 4.57. The number of H-pyrrole nitrogens is 1. The Kier molecular flexibility index (Phi) is 4.89. The molecule has 0 aliphatic rings. The highest BCUT2D eigenvalue weighted by Gasteiger charge is 2.16. The minimum Gasteiger partial charge on any atom is -0.469 e. The Labute approximate surface area is 169 Å². The summed E-state index contributed by atoms with van der Waals surface area (Å²) in [4.78, 5) is 39.8. The van der Waals surface area contributed by atoms with Crippen molar-refractivity contribution in [1.29, 1.82) is 0 Å². The number of hydrogen-bond donors (Lipinski definition) is 3. The fraction of sp³-hybridized carbons (Fsp3) is 0.0455.